The van der Waals surface area contributed by atoms with E-state index in [2.05, 4.69) is 90.1 Å². The van der Waals surface area contributed by atoms with E-state index in [9.17, 15) is 0 Å². The van der Waals surface area contributed by atoms with Crippen LogP contribution in [0.5, 0.6) is 0 Å². The standard InChI is InChI=1S/C38H37N5/c1-5-13-26(3)27-17-18-36-32(23-27)31-14-9-7-8-10-15-35(31)43(36)30-21-28(33-24-41(4)37(6-2)39-33)20-29(22-30)34-25-42-19-12-11-16-38(42)40-34/h5-6,11-13,16-25H,1-2,7-10,14-15H2,3-4H3/b26-13+. The lowest BCUT2D eigenvalue weighted by Gasteiger charge is -2.16. The molecule has 4 heterocycles. The Morgan fingerprint density at radius 2 is 1.65 bits per heavy atom. The third-order valence-electron chi connectivity index (χ3n) is 8.82. The molecule has 1 aliphatic carbocycles. The van der Waals surface area contributed by atoms with Gasteiger partial charge in [-0.05, 0) is 97.8 Å². The molecule has 214 valence electrons. The zero-order valence-corrected chi connectivity index (χ0v) is 25.1. The minimum absolute atomic E-state index is 0.849. The number of aromatic nitrogens is 5. The molecule has 4 aromatic heterocycles. The van der Waals surface area contributed by atoms with Crippen LogP contribution in [0.1, 0.15) is 55.3 Å². The quantitative estimate of drug-likeness (QED) is 0.190. The highest BCUT2D eigenvalue weighted by Crippen LogP contribution is 2.38. The van der Waals surface area contributed by atoms with Crippen LogP contribution in [0.25, 0.3) is 56.4 Å². The minimum atomic E-state index is 0.849. The molecular formula is C38H37N5. The molecule has 7 rings (SSSR count). The summed E-state index contributed by atoms with van der Waals surface area (Å²) >= 11 is 0. The maximum absolute atomic E-state index is 5.00. The number of rotatable bonds is 6. The highest BCUT2D eigenvalue weighted by Gasteiger charge is 2.22. The molecule has 0 amide bonds. The van der Waals surface area contributed by atoms with Gasteiger partial charge in [0.1, 0.15) is 11.5 Å². The number of benzene rings is 2. The van der Waals surface area contributed by atoms with Crippen molar-refractivity contribution >= 4 is 28.2 Å². The first kappa shape index (κ1) is 27.0. The summed E-state index contributed by atoms with van der Waals surface area (Å²) in [5, 5.41) is 1.36. The van der Waals surface area contributed by atoms with Crippen molar-refractivity contribution in [2.75, 3.05) is 0 Å². The van der Waals surface area contributed by atoms with Crippen LogP contribution in [0.3, 0.4) is 0 Å². The van der Waals surface area contributed by atoms with E-state index in [4.69, 9.17) is 9.97 Å². The van der Waals surface area contributed by atoms with Gasteiger partial charge in [0.15, 0.2) is 0 Å². The first-order valence-corrected chi connectivity index (χ1v) is 15.3. The average molecular weight is 564 g/mol. The molecule has 0 radical (unpaired) electrons. The molecule has 5 nitrogen and oxygen atoms in total. The highest BCUT2D eigenvalue weighted by molar-refractivity contribution is 5.91. The first-order valence-electron chi connectivity index (χ1n) is 15.3. The van der Waals surface area contributed by atoms with Crippen molar-refractivity contribution < 1.29 is 0 Å². The Balaban J connectivity index is 1.50. The molecule has 0 N–H and O–H groups in total. The van der Waals surface area contributed by atoms with Gasteiger partial charge >= 0.3 is 0 Å². The normalized spacial score (nSPS) is 14.0. The third-order valence-corrected chi connectivity index (χ3v) is 8.82. The van der Waals surface area contributed by atoms with Crippen molar-refractivity contribution in [3.05, 3.63) is 121 Å². The molecular weight excluding hydrogens is 526 g/mol. The molecule has 0 unspecified atom stereocenters. The molecule has 0 saturated heterocycles. The molecule has 0 bridgehead atoms. The molecule has 0 aliphatic heterocycles. The second-order valence-electron chi connectivity index (χ2n) is 11.7. The van der Waals surface area contributed by atoms with Crippen LogP contribution in [-0.2, 0) is 19.9 Å². The lowest BCUT2D eigenvalue weighted by Crippen LogP contribution is -2.05. The van der Waals surface area contributed by atoms with Crippen LogP contribution in [-0.4, -0.2) is 23.5 Å². The number of nitrogens with zero attached hydrogens (tertiary/aromatic N) is 5. The van der Waals surface area contributed by atoms with Gasteiger partial charge in [0.05, 0.1) is 16.9 Å². The van der Waals surface area contributed by atoms with E-state index in [-0.39, 0.29) is 0 Å². The Labute approximate surface area is 253 Å². The van der Waals surface area contributed by atoms with Crippen molar-refractivity contribution in [2.24, 2.45) is 7.05 Å². The van der Waals surface area contributed by atoms with E-state index in [1.54, 1.807) is 6.08 Å². The number of hydrogen-bond acceptors (Lipinski definition) is 2. The fourth-order valence-corrected chi connectivity index (χ4v) is 6.63. The summed E-state index contributed by atoms with van der Waals surface area (Å²) in [6.45, 7) is 10.1. The van der Waals surface area contributed by atoms with E-state index >= 15 is 0 Å². The van der Waals surface area contributed by atoms with Gasteiger partial charge in [0, 0.05) is 53.5 Å². The van der Waals surface area contributed by atoms with E-state index < -0.39 is 0 Å². The van der Waals surface area contributed by atoms with Crippen molar-refractivity contribution in [1.82, 2.24) is 23.5 Å². The first-order chi connectivity index (χ1) is 21.0. The number of allylic oxidation sites excluding steroid dienone is 3. The van der Waals surface area contributed by atoms with Crippen LogP contribution in [0.15, 0.2) is 98.5 Å². The average Bonchev–Trinajstić information content (AvgIpc) is 3.69. The van der Waals surface area contributed by atoms with Gasteiger partial charge in [0.2, 0.25) is 0 Å². The molecule has 1 aliphatic rings. The number of fused-ring (bicyclic) bond motifs is 4. The van der Waals surface area contributed by atoms with E-state index in [0.717, 1.165) is 52.5 Å². The summed E-state index contributed by atoms with van der Waals surface area (Å²) in [4.78, 5) is 9.92. The summed E-state index contributed by atoms with van der Waals surface area (Å²) < 4.78 is 6.63. The molecule has 6 aromatic rings. The molecule has 0 spiro atoms. The number of hydrogen-bond donors (Lipinski definition) is 0. The molecule has 0 saturated carbocycles. The lowest BCUT2D eigenvalue weighted by atomic mass is 9.95. The van der Waals surface area contributed by atoms with Gasteiger partial charge < -0.3 is 13.5 Å². The Hall–Kier alpha value is -4.90. The van der Waals surface area contributed by atoms with Gasteiger partial charge in [-0.25, -0.2) is 9.97 Å². The Kier molecular flexibility index (Phi) is 6.94. The predicted octanol–water partition coefficient (Wildman–Crippen LogP) is 9.24. The van der Waals surface area contributed by atoms with Crippen LogP contribution in [0, 0.1) is 0 Å². The number of pyridine rings is 1. The monoisotopic (exact) mass is 563 g/mol. The summed E-state index contributed by atoms with van der Waals surface area (Å²) in [6.07, 6.45) is 19.2. The van der Waals surface area contributed by atoms with Crippen LogP contribution >= 0.6 is 0 Å². The SMILES string of the molecule is C=C/C=C(\C)c1ccc2c(c1)c1c(n2-c2cc(-c3cn(C)c(C=C)n3)cc(-c3cn4ccccc4n3)c2)CCCCCC1. The van der Waals surface area contributed by atoms with Crippen molar-refractivity contribution in [2.45, 2.75) is 45.4 Å². The summed E-state index contributed by atoms with van der Waals surface area (Å²) in [7, 11) is 2.02. The van der Waals surface area contributed by atoms with Gasteiger partial charge in [-0.15, -0.1) is 0 Å². The van der Waals surface area contributed by atoms with Crippen molar-refractivity contribution in [3.8, 4) is 28.2 Å². The van der Waals surface area contributed by atoms with Crippen LogP contribution < -0.4 is 0 Å². The minimum Gasteiger partial charge on any atom is -0.334 e. The zero-order chi connectivity index (χ0) is 29.5. The molecule has 0 fully saturated rings. The summed E-state index contributed by atoms with van der Waals surface area (Å²) in [5.74, 6) is 0.849. The van der Waals surface area contributed by atoms with E-state index in [1.165, 1.54) is 59.0 Å². The molecule has 0 atom stereocenters. The Bertz CT molecular complexity index is 2010. The maximum Gasteiger partial charge on any atom is 0.137 e. The molecule has 2 aromatic carbocycles. The molecule has 5 heteroatoms. The van der Waals surface area contributed by atoms with Crippen LogP contribution in [0.2, 0.25) is 0 Å². The van der Waals surface area contributed by atoms with E-state index in [1.807, 2.05) is 35.9 Å². The van der Waals surface area contributed by atoms with Gasteiger partial charge in [-0.3, -0.25) is 0 Å². The fourth-order valence-electron chi connectivity index (χ4n) is 6.63. The Morgan fingerprint density at radius 3 is 2.40 bits per heavy atom. The van der Waals surface area contributed by atoms with Gasteiger partial charge in [0.25, 0.3) is 0 Å². The van der Waals surface area contributed by atoms with Crippen LogP contribution in [0.4, 0.5) is 0 Å². The Morgan fingerprint density at radius 1 is 0.860 bits per heavy atom. The van der Waals surface area contributed by atoms with Crippen molar-refractivity contribution in [1.29, 1.82) is 0 Å². The summed E-state index contributed by atoms with van der Waals surface area (Å²) in [6, 6.07) is 19.9. The second kappa shape index (κ2) is 11.1. The van der Waals surface area contributed by atoms with Gasteiger partial charge in [-0.1, -0.05) is 50.3 Å². The number of imidazole rings is 2. The second-order valence-corrected chi connectivity index (χ2v) is 11.7. The third kappa shape index (κ3) is 4.85. The maximum atomic E-state index is 5.00. The largest absolute Gasteiger partial charge is 0.334 e. The highest BCUT2D eigenvalue weighted by atomic mass is 15.0. The molecule has 43 heavy (non-hydrogen) atoms. The lowest BCUT2D eigenvalue weighted by molar-refractivity contribution is 0.608. The topological polar surface area (TPSA) is 40.0 Å². The number of aryl methyl sites for hydroxylation is 2. The predicted molar refractivity (Wildman–Crippen MR) is 179 cm³/mol. The fraction of sp³-hybridized carbons (Fsp3) is 0.211. The van der Waals surface area contributed by atoms with E-state index in [0.29, 0.717) is 0 Å². The van der Waals surface area contributed by atoms with Gasteiger partial charge in [-0.2, -0.15) is 0 Å². The van der Waals surface area contributed by atoms with Crippen molar-refractivity contribution in [3.63, 3.8) is 0 Å². The zero-order valence-electron chi connectivity index (χ0n) is 25.1. The smallest absolute Gasteiger partial charge is 0.137 e. The summed E-state index contributed by atoms with van der Waals surface area (Å²) in [5.41, 5.74) is 12.8.